The van der Waals surface area contributed by atoms with E-state index in [0.29, 0.717) is 12.8 Å². The van der Waals surface area contributed by atoms with Crippen molar-refractivity contribution in [2.75, 3.05) is 6.61 Å². The van der Waals surface area contributed by atoms with Crippen LogP contribution >= 0.6 is 0 Å². The van der Waals surface area contributed by atoms with Crippen LogP contribution in [-0.2, 0) is 4.79 Å². The topological polar surface area (TPSA) is 75.3 Å². The van der Waals surface area contributed by atoms with Crippen molar-refractivity contribution < 1.29 is 9.90 Å². The summed E-state index contributed by atoms with van der Waals surface area (Å²) in [5, 5.41) is 11.9. The lowest BCUT2D eigenvalue weighted by Gasteiger charge is -2.29. The maximum absolute atomic E-state index is 10.9. The molecule has 0 bridgehead atoms. The smallest absolute Gasteiger partial charge is 0.234 e. The summed E-state index contributed by atoms with van der Waals surface area (Å²) >= 11 is 0. The Morgan fingerprint density at radius 1 is 1.62 bits per heavy atom. The fourth-order valence-corrected chi connectivity index (χ4v) is 1.20. The largest absolute Gasteiger partial charge is 0.396 e. The van der Waals surface area contributed by atoms with Crippen LogP contribution in [0, 0.1) is 0 Å². The minimum Gasteiger partial charge on any atom is -0.396 e. The van der Waals surface area contributed by atoms with E-state index in [0.717, 1.165) is 0 Å². The average Bonchev–Trinajstić information content (AvgIpc) is 1.99. The molecule has 0 aliphatic heterocycles. The highest BCUT2D eigenvalue weighted by Gasteiger charge is 2.23. The van der Waals surface area contributed by atoms with Crippen molar-refractivity contribution in [3.63, 3.8) is 0 Å². The van der Waals surface area contributed by atoms with E-state index in [4.69, 9.17) is 10.8 Å². The predicted molar refractivity (Wildman–Crippen MR) is 52.2 cm³/mol. The Labute approximate surface area is 79.5 Å². The number of hydrogen-bond acceptors (Lipinski definition) is 3. The van der Waals surface area contributed by atoms with Crippen LogP contribution < -0.4 is 11.1 Å². The normalized spacial score (nSPS) is 14.2. The number of aliphatic hydroxyl groups excluding tert-OH is 1. The summed E-state index contributed by atoms with van der Waals surface area (Å²) in [5.41, 5.74) is 4.94. The van der Waals surface area contributed by atoms with Crippen molar-refractivity contribution in [3.8, 4) is 0 Å². The van der Waals surface area contributed by atoms with Gasteiger partial charge in [-0.1, -0.05) is 6.92 Å². The monoisotopic (exact) mass is 188 g/mol. The molecule has 0 aromatic rings. The summed E-state index contributed by atoms with van der Waals surface area (Å²) < 4.78 is 0. The lowest BCUT2D eigenvalue weighted by atomic mass is 9.99. The molecular formula is C9H20N2O2. The van der Waals surface area contributed by atoms with Gasteiger partial charge in [-0.3, -0.25) is 4.79 Å². The van der Waals surface area contributed by atoms with Gasteiger partial charge in [-0.2, -0.15) is 0 Å². The second-order valence-corrected chi connectivity index (χ2v) is 3.87. The first-order chi connectivity index (χ1) is 5.93. The minimum atomic E-state index is -0.339. The third kappa shape index (κ3) is 4.85. The molecule has 0 aliphatic carbocycles. The molecule has 1 unspecified atom stereocenters. The summed E-state index contributed by atoms with van der Waals surface area (Å²) in [6, 6.07) is -0.304. The van der Waals surface area contributed by atoms with Crippen LogP contribution in [0.25, 0.3) is 0 Å². The molecule has 78 valence electrons. The summed E-state index contributed by atoms with van der Waals surface area (Å²) in [7, 11) is 0. The van der Waals surface area contributed by atoms with Gasteiger partial charge in [0.15, 0.2) is 0 Å². The molecule has 0 aliphatic rings. The fraction of sp³-hybridized carbons (Fsp3) is 0.889. The van der Waals surface area contributed by atoms with Gasteiger partial charge in [0.2, 0.25) is 5.91 Å². The quantitative estimate of drug-likeness (QED) is 0.549. The van der Waals surface area contributed by atoms with Crippen LogP contribution in [0.1, 0.15) is 33.6 Å². The van der Waals surface area contributed by atoms with Crippen LogP contribution in [0.3, 0.4) is 0 Å². The Hall–Kier alpha value is -0.610. The zero-order chi connectivity index (χ0) is 10.5. The summed E-state index contributed by atoms with van der Waals surface area (Å²) in [6.45, 7) is 5.89. The summed E-state index contributed by atoms with van der Waals surface area (Å²) in [5.74, 6) is -0.339. The molecule has 0 fully saturated rings. The average molecular weight is 188 g/mol. The first-order valence-corrected chi connectivity index (χ1v) is 4.61. The number of carbonyl (C=O) groups excluding carboxylic acids is 1. The lowest BCUT2D eigenvalue weighted by molar-refractivity contribution is -0.120. The third-order valence-corrected chi connectivity index (χ3v) is 2.05. The Bertz CT molecular complexity index is 169. The van der Waals surface area contributed by atoms with E-state index in [1.165, 1.54) is 0 Å². The molecule has 0 spiro atoms. The lowest BCUT2D eigenvalue weighted by Crippen LogP contribution is -2.51. The maximum atomic E-state index is 10.9. The van der Waals surface area contributed by atoms with Crippen LogP contribution in [0.2, 0.25) is 0 Å². The standard InChI is InChI=1S/C9H20N2O2/c1-4-7(8(10)13)11-9(2,3)5-6-12/h7,11-12H,4-6H2,1-3H3,(H2,10,13). The molecule has 0 rings (SSSR count). The van der Waals surface area contributed by atoms with Gasteiger partial charge < -0.3 is 16.2 Å². The van der Waals surface area contributed by atoms with Gasteiger partial charge in [0.1, 0.15) is 0 Å². The molecule has 0 saturated heterocycles. The first kappa shape index (κ1) is 12.4. The molecule has 1 atom stereocenters. The van der Waals surface area contributed by atoms with Gasteiger partial charge in [0.25, 0.3) is 0 Å². The van der Waals surface area contributed by atoms with Crippen molar-refractivity contribution in [2.45, 2.75) is 45.2 Å². The van der Waals surface area contributed by atoms with Crippen molar-refractivity contribution in [3.05, 3.63) is 0 Å². The van der Waals surface area contributed by atoms with Gasteiger partial charge in [-0.15, -0.1) is 0 Å². The number of aliphatic hydroxyl groups is 1. The number of rotatable bonds is 6. The van der Waals surface area contributed by atoms with E-state index in [9.17, 15) is 4.79 Å². The van der Waals surface area contributed by atoms with Crippen LogP contribution in [0.4, 0.5) is 0 Å². The molecule has 0 aromatic heterocycles. The van der Waals surface area contributed by atoms with Crippen molar-refractivity contribution in [2.24, 2.45) is 5.73 Å². The van der Waals surface area contributed by atoms with Crippen molar-refractivity contribution >= 4 is 5.91 Å². The highest BCUT2D eigenvalue weighted by atomic mass is 16.3. The van der Waals surface area contributed by atoms with Gasteiger partial charge in [-0.25, -0.2) is 0 Å². The second kappa shape index (κ2) is 5.19. The number of carbonyl (C=O) groups is 1. The van der Waals surface area contributed by atoms with Crippen LogP contribution in [0.5, 0.6) is 0 Å². The highest BCUT2D eigenvalue weighted by molar-refractivity contribution is 5.79. The number of hydrogen-bond donors (Lipinski definition) is 3. The Morgan fingerprint density at radius 2 is 2.15 bits per heavy atom. The molecule has 0 heterocycles. The molecule has 4 nitrogen and oxygen atoms in total. The molecule has 0 saturated carbocycles. The maximum Gasteiger partial charge on any atom is 0.234 e. The van der Waals surface area contributed by atoms with Crippen LogP contribution in [0.15, 0.2) is 0 Å². The third-order valence-electron chi connectivity index (χ3n) is 2.05. The van der Waals surface area contributed by atoms with Crippen molar-refractivity contribution in [1.82, 2.24) is 5.32 Å². The molecule has 13 heavy (non-hydrogen) atoms. The van der Waals surface area contributed by atoms with E-state index in [1.807, 2.05) is 20.8 Å². The first-order valence-electron chi connectivity index (χ1n) is 4.61. The summed E-state index contributed by atoms with van der Waals surface area (Å²) in [6.07, 6.45) is 1.28. The fourth-order valence-electron chi connectivity index (χ4n) is 1.20. The van der Waals surface area contributed by atoms with E-state index in [2.05, 4.69) is 5.32 Å². The van der Waals surface area contributed by atoms with E-state index in [-0.39, 0.29) is 24.1 Å². The van der Waals surface area contributed by atoms with E-state index >= 15 is 0 Å². The number of amides is 1. The zero-order valence-electron chi connectivity index (χ0n) is 8.63. The Morgan fingerprint density at radius 3 is 2.46 bits per heavy atom. The second-order valence-electron chi connectivity index (χ2n) is 3.87. The summed E-state index contributed by atoms with van der Waals surface area (Å²) in [4.78, 5) is 10.9. The van der Waals surface area contributed by atoms with Crippen molar-refractivity contribution in [1.29, 1.82) is 0 Å². The predicted octanol–water partition coefficient (Wildman–Crippen LogP) is 0.000900. The zero-order valence-corrected chi connectivity index (χ0v) is 8.63. The SMILES string of the molecule is CCC(NC(C)(C)CCO)C(N)=O. The highest BCUT2D eigenvalue weighted by Crippen LogP contribution is 2.09. The van der Waals surface area contributed by atoms with Crippen LogP contribution in [-0.4, -0.2) is 29.2 Å². The number of primary amides is 1. The number of nitrogens with two attached hydrogens (primary N) is 1. The molecule has 1 amide bonds. The van der Waals surface area contributed by atoms with Gasteiger partial charge in [0.05, 0.1) is 6.04 Å². The molecule has 4 heteroatoms. The Kier molecular flexibility index (Phi) is 4.95. The number of nitrogens with one attached hydrogen (secondary N) is 1. The van der Waals surface area contributed by atoms with Gasteiger partial charge in [-0.05, 0) is 26.7 Å². The van der Waals surface area contributed by atoms with Gasteiger partial charge in [0, 0.05) is 12.1 Å². The minimum absolute atomic E-state index is 0.106. The van der Waals surface area contributed by atoms with Gasteiger partial charge >= 0.3 is 0 Å². The molecule has 0 aromatic carbocycles. The van der Waals surface area contributed by atoms with E-state index in [1.54, 1.807) is 0 Å². The Balaban J connectivity index is 4.13. The van der Waals surface area contributed by atoms with E-state index < -0.39 is 0 Å². The molecular weight excluding hydrogens is 168 g/mol. The molecule has 0 radical (unpaired) electrons. The molecule has 4 N–H and O–H groups in total.